The van der Waals surface area contributed by atoms with Gasteiger partial charge >= 0.3 is 5.97 Å². The molecule has 0 radical (unpaired) electrons. The van der Waals surface area contributed by atoms with Crippen molar-refractivity contribution in [2.45, 2.75) is 63.8 Å². The molecule has 4 heteroatoms. The predicted molar refractivity (Wildman–Crippen MR) is 68.1 cm³/mol. The molecule has 0 aromatic carbocycles. The SMILES string of the molecule is O=C(CC1CCCCCC1)NC1CC(C(=O)O)C1. The van der Waals surface area contributed by atoms with Gasteiger partial charge in [-0.15, -0.1) is 0 Å². The molecule has 0 saturated heterocycles. The largest absolute Gasteiger partial charge is 0.481 e. The third-order valence-electron chi connectivity index (χ3n) is 4.30. The molecule has 0 aromatic rings. The highest BCUT2D eigenvalue weighted by Crippen LogP contribution is 2.29. The maximum atomic E-state index is 11.8. The molecular weight excluding hydrogens is 230 g/mol. The van der Waals surface area contributed by atoms with E-state index >= 15 is 0 Å². The summed E-state index contributed by atoms with van der Waals surface area (Å²) in [5.74, 6) is -0.309. The number of hydrogen-bond acceptors (Lipinski definition) is 2. The van der Waals surface area contributed by atoms with E-state index < -0.39 is 5.97 Å². The van der Waals surface area contributed by atoms with Gasteiger partial charge in [0.1, 0.15) is 0 Å². The molecule has 2 rings (SSSR count). The van der Waals surface area contributed by atoms with Gasteiger partial charge in [-0.25, -0.2) is 0 Å². The van der Waals surface area contributed by atoms with Crippen molar-refractivity contribution in [2.75, 3.05) is 0 Å². The minimum atomic E-state index is -0.732. The maximum Gasteiger partial charge on any atom is 0.306 e. The first kappa shape index (κ1) is 13.4. The third kappa shape index (κ3) is 3.72. The van der Waals surface area contributed by atoms with Crippen LogP contribution in [0.2, 0.25) is 0 Å². The Hall–Kier alpha value is -1.06. The lowest BCUT2D eigenvalue weighted by Crippen LogP contribution is -2.47. The first-order valence-electron chi connectivity index (χ1n) is 7.17. The van der Waals surface area contributed by atoms with Gasteiger partial charge in [-0.3, -0.25) is 9.59 Å². The Morgan fingerprint density at radius 1 is 1.06 bits per heavy atom. The minimum absolute atomic E-state index is 0.101. The van der Waals surface area contributed by atoms with E-state index in [1.165, 1.54) is 38.5 Å². The van der Waals surface area contributed by atoms with Crippen LogP contribution in [0.4, 0.5) is 0 Å². The summed E-state index contributed by atoms with van der Waals surface area (Å²) >= 11 is 0. The fourth-order valence-corrected chi connectivity index (χ4v) is 3.05. The fourth-order valence-electron chi connectivity index (χ4n) is 3.05. The van der Waals surface area contributed by atoms with Crippen LogP contribution in [0.3, 0.4) is 0 Å². The van der Waals surface area contributed by atoms with Crippen LogP contribution in [0.1, 0.15) is 57.8 Å². The van der Waals surface area contributed by atoms with E-state index in [1.807, 2.05) is 0 Å². The van der Waals surface area contributed by atoms with Gasteiger partial charge in [0, 0.05) is 12.5 Å². The summed E-state index contributed by atoms with van der Waals surface area (Å²) in [7, 11) is 0. The van der Waals surface area contributed by atoms with Crippen LogP contribution < -0.4 is 5.32 Å². The zero-order valence-corrected chi connectivity index (χ0v) is 10.9. The van der Waals surface area contributed by atoms with Crippen molar-refractivity contribution in [3.05, 3.63) is 0 Å². The Kier molecular flexibility index (Phi) is 4.61. The Labute approximate surface area is 108 Å². The van der Waals surface area contributed by atoms with Crippen LogP contribution >= 0.6 is 0 Å². The Bertz CT molecular complexity index is 302. The Balaban J connectivity index is 1.65. The molecule has 102 valence electrons. The second-order valence-electron chi connectivity index (χ2n) is 5.83. The van der Waals surface area contributed by atoms with Crippen molar-refractivity contribution in [1.82, 2.24) is 5.32 Å². The lowest BCUT2D eigenvalue weighted by Gasteiger charge is -2.33. The van der Waals surface area contributed by atoms with Crippen molar-refractivity contribution in [1.29, 1.82) is 0 Å². The average Bonchev–Trinajstić information content (AvgIpc) is 2.50. The highest BCUT2D eigenvalue weighted by molar-refractivity contribution is 5.77. The third-order valence-corrected chi connectivity index (χ3v) is 4.30. The summed E-state index contributed by atoms with van der Waals surface area (Å²) in [6.07, 6.45) is 9.31. The molecule has 2 fully saturated rings. The van der Waals surface area contributed by atoms with Crippen LogP contribution in [0.25, 0.3) is 0 Å². The molecule has 0 heterocycles. The van der Waals surface area contributed by atoms with Gasteiger partial charge in [-0.1, -0.05) is 25.7 Å². The Morgan fingerprint density at radius 3 is 2.22 bits per heavy atom. The summed E-state index contributed by atoms with van der Waals surface area (Å²) in [4.78, 5) is 22.5. The number of hydrogen-bond donors (Lipinski definition) is 2. The maximum absolute atomic E-state index is 11.8. The van der Waals surface area contributed by atoms with Crippen molar-refractivity contribution >= 4 is 11.9 Å². The van der Waals surface area contributed by atoms with Crippen LogP contribution in [0.5, 0.6) is 0 Å². The molecule has 0 atom stereocenters. The normalized spacial score (nSPS) is 29.1. The molecule has 1 amide bonds. The van der Waals surface area contributed by atoms with E-state index in [9.17, 15) is 9.59 Å². The molecule has 0 aromatic heterocycles. The van der Waals surface area contributed by atoms with E-state index in [1.54, 1.807) is 0 Å². The smallest absolute Gasteiger partial charge is 0.306 e. The van der Waals surface area contributed by atoms with Gasteiger partial charge in [0.15, 0.2) is 0 Å². The standard InChI is InChI=1S/C14H23NO3/c16-13(7-10-5-3-1-2-4-6-10)15-12-8-11(9-12)14(17)18/h10-12H,1-9H2,(H,15,16)(H,17,18). The summed E-state index contributed by atoms with van der Waals surface area (Å²) in [5.41, 5.74) is 0. The lowest BCUT2D eigenvalue weighted by atomic mass is 9.80. The number of carbonyl (C=O) groups is 2. The predicted octanol–water partition coefficient (Wildman–Crippen LogP) is 2.33. The number of amides is 1. The molecule has 0 aliphatic heterocycles. The van der Waals surface area contributed by atoms with E-state index in [0.29, 0.717) is 25.2 Å². The molecule has 0 unspecified atom stereocenters. The van der Waals surface area contributed by atoms with Crippen molar-refractivity contribution in [3.63, 3.8) is 0 Å². The summed E-state index contributed by atoms with van der Waals surface area (Å²) < 4.78 is 0. The topological polar surface area (TPSA) is 66.4 Å². The number of carboxylic acids is 1. The van der Waals surface area contributed by atoms with E-state index in [4.69, 9.17) is 5.11 Å². The molecule has 18 heavy (non-hydrogen) atoms. The van der Waals surface area contributed by atoms with Crippen molar-refractivity contribution < 1.29 is 14.7 Å². The summed E-state index contributed by atoms with van der Waals surface area (Å²) in [6.45, 7) is 0. The molecule has 2 aliphatic rings. The quantitative estimate of drug-likeness (QED) is 0.756. The minimum Gasteiger partial charge on any atom is -0.481 e. The zero-order valence-electron chi connectivity index (χ0n) is 10.9. The lowest BCUT2D eigenvalue weighted by molar-refractivity contribution is -0.146. The van der Waals surface area contributed by atoms with Gasteiger partial charge in [0.05, 0.1) is 5.92 Å². The number of nitrogens with one attached hydrogen (secondary N) is 1. The first-order chi connectivity index (χ1) is 8.65. The molecule has 4 nitrogen and oxygen atoms in total. The van der Waals surface area contributed by atoms with E-state index in [0.717, 1.165) is 0 Å². The van der Waals surface area contributed by atoms with Crippen LogP contribution in [0, 0.1) is 11.8 Å². The summed E-state index contributed by atoms with van der Waals surface area (Å²) in [5, 5.41) is 11.7. The van der Waals surface area contributed by atoms with Crippen LogP contribution in [-0.2, 0) is 9.59 Å². The molecule has 2 aliphatic carbocycles. The fraction of sp³-hybridized carbons (Fsp3) is 0.857. The number of aliphatic carboxylic acids is 1. The molecule has 2 N–H and O–H groups in total. The zero-order chi connectivity index (χ0) is 13.0. The number of carboxylic acid groups (broad SMARTS) is 1. The van der Waals surface area contributed by atoms with Gasteiger partial charge < -0.3 is 10.4 Å². The van der Waals surface area contributed by atoms with Gasteiger partial charge in [-0.05, 0) is 31.6 Å². The van der Waals surface area contributed by atoms with Crippen molar-refractivity contribution in [3.8, 4) is 0 Å². The van der Waals surface area contributed by atoms with Gasteiger partial charge in [0.2, 0.25) is 5.91 Å². The highest BCUT2D eigenvalue weighted by Gasteiger charge is 2.35. The first-order valence-corrected chi connectivity index (χ1v) is 7.17. The molecule has 0 spiro atoms. The summed E-state index contributed by atoms with van der Waals surface area (Å²) in [6, 6.07) is 0.101. The molecule has 0 bridgehead atoms. The molecular formula is C14H23NO3. The van der Waals surface area contributed by atoms with Gasteiger partial charge in [-0.2, -0.15) is 0 Å². The monoisotopic (exact) mass is 253 g/mol. The Morgan fingerprint density at radius 2 is 1.67 bits per heavy atom. The molecule has 2 saturated carbocycles. The second-order valence-corrected chi connectivity index (χ2v) is 5.83. The number of carbonyl (C=O) groups excluding carboxylic acids is 1. The number of rotatable bonds is 4. The van der Waals surface area contributed by atoms with Crippen molar-refractivity contribution in [2.24, 2.45) is 11.8 Å². The van der Waals surface area contributed by atoms with Crippen LogP contribution in [-0.4, -0.2) is 23.0 Å². The van der Waals surface area contributed by atoms with Gasteiger partial charge in [0.25, 0.3) is 0 Å². The average molecular weight is 253 g/mol. The van der Waals surface area contributed by atoms with Crippen LogP contribution in [0.15, 0.2) is 0 Å². The highest BCUT2D eigenvalue weighted by atomic mass is 16.4. The van der Waals surface area contributed by atoms with E-state index in [-0.39, 0.29) is 17.9 Å². The van der Waals surface area contributed by atoms with E-state index in [2.05, 4.69) is 5.32 Å². The second kappa shape index (κ2) is 6.21.